The van der Waals surface area contributed by atoms with E-state index in [-0.39, 0.29) is 16.7 Å². The molecule has 0 radical (unpaired) electrons. The average Bonchev–Trinajstić information content (AvgIpc) is 2.87. The molecule has 2 heterocycles. The fourth-order valence-corrected chi connectivity index (χ4v) is 2.40. The van der Waals surface area contributed by atoms with Crippen molar-refractivity contribution in [2.75, 3.05) is 0 Å². The maximum atomic E-state index is 13.3. The molecular weight excluding hydrogens is 376 g/mol. The van der Waals surface area contributed by atoms with Crippen LogP contribution in [0.3, 0.4) is 0 Å². The van der Waals surface area contributed by atoms with Crippen molar-refractivity contribution in [1.82, 2.24) is 14.6 Å². The minimum absolute atomic E-state index is 0.0956. The third-order valence-corrected chi connectivity index (χ3v) is 3.57. The average molecular weight is 382 g/mol. The van der Waals surface area contributed by atoms with Crippen LogP contribution in [-0.2, 0) is 12.4 Å². The van der Waals surface area contributed by atoms with Crippen LogP contribution in [0, 0.1) is 0 Å². The number of aromatic nitrogens is 3. The van der Waals surface area contributed by atoms with Crippen molar-refractivity contribution in [1.29, 1.82) is 0 Å². The maximum absolute atomic E-state index is 13.3. The first-order valence-electron chi connectivity index (χ1n) is 6.54. The largest absolute Gasteiger partial charge is 0.433 e. The molecule has 0 saturated heterocycles. The summed E-state index contributed by atoms with van der Waals surface area (Å²) in [5, 5.41) is 2.00. The molecule has 0 bridgehead atoms. The Bertz CT molecular complexity index is 1000. The van der Waals surface area contributed by atoms with Gasteiger partial charge >= 0.3 is 12.4 Å². The molecule has 4 nitrogen and oxygen atoms in total. The van der Waals surface area contributed by atoms with Crippen molar-refractivity contribution in [2.24, 2.45) is 0 Å². The van der Waals surface area contributed by atoms with Gasteiger partial charge in [0.1, 0.15) is 5.69 Å². The van der Waals surface area contributed by atoms with E-state index < -0.39 is 40.5 Å². The van der Waals surface area contributed by atoms with Gasteiger partial charge in [-0.25, -0.2) is 9.50 Å². The third kappa shape index (κ3) is 3.09. The van der Waals surface area contributed by atoms with Crippen LogP contribution in [0.25, 0.3) is 16.8 Å². The van der Waals surface area contributed by atoms with Gasteiger partial charge in [0.15, 0.2) is 11.3 Å². The van der Waals surface area contributed by atoms with E-state index in [1.807, 2.05) is 0 Å². The van der Waals surface area contributed by atoms with Crippen molar-refractivity contribution in [3.05, 3.63) is 57.1 Å². The summed E-state index contributed by atoms with van der Waals surface area (Å²) < 4.78 is 78.8. The maximum Gasteiger partial charge on any atom is 0.433 e. The number of hydrogen-bond donors (Lipinski definition) is 1. The molecule has 0 fully saturated rings. The highest BCUT2D eigenvalue weighted by molar-refractivity contribution is 6.30. The number of nitrogens with one attached hydrogen (secondary N) is 1. The van der Waals surface area contributed by atoms with E-state index >= 15 is 0 Å². The minimum Gasteiger partial charge on any atom is -0.284 e. The van der Waals surface area contributed by atoms with E-state index in [1.165, 1.54) is 24.3 Å². The topological polar surface area (TPSA) is 50.2 Å². The lowest BCUT2D eigenvalue weighted by Gasteiger charge is -2.08. The Hall–Kier alpha value is -2.49. The van der Waals surface area contributed by atoms with Gasteiger partial charge in [0, 0.05) is 11.1 Å². The van der Waals surface area contributed by atoms with Crippen LogP contribution < -0.4 is 5.56 Å². The summed E-state index contributed by atoms with van der Waals surface area (Å²) in [4.78, 5) is 15.0. The zero-order valence-electron chi connectivity index (χ0n) is 11.8. The van der Waals surface area contributed by atoms with Crippen LogP contribution in [0.5, 0.6) is 0 Å². The van der Waals surface area contributed by atoms with Gasteiger partial charge in [-0.15, -0.1) is 0 Å². The molecule has 3 rings (SSSR count). The summed E-state index contributed by atoms with van der Waals surface area (Å²) in [5.41, 5.74) is -5.84. The highest BCUT2D eigenvalue weighted by atomic mass is 35.5. The van der Waals surface area contributed by atoms with Crippen LogP contribution >= 0.6 is 11.6 Å². The second-order valence-corrected chi connectivity index (χ2v) is 5.44. The number of halogens is 7. The van der Waals surface area contributed by atoms with E-state index in [9.17, 15) is 31.1 Å². The van der Waals surface area contributed by atoms with Gasteiger partial charge in [0.05, 0.1) is 5.56 Å². The van der Waals surface area contributed by atoms with Gasteiger partial charge in [-0.3, -0.25) is 9.89 Å². The Balaban J connectivity index is 2.44. The number of benzene rings is 1. The van der Waals surface area contributed by atoms with Crippen LogP contribution in [0.1, 0.15) is 11.4 Å². The molecule has 1 aromatic carbocycles. The predicted octanol–water partition coefficient (Wildman–Crippen LogP) is 4.38. The summed E-state index contributed by atoms with van der Waals surface area (Å²) in [6.07, 6.45) is -9.94. The quantitative estimate of drug-likeness (QED) is 0.636. The van der Waals surface area contributed by atoms with Gasteiger partial charge in [-0.1, -0.05) is 23.7 Å². The monoisotopic (exact) mass is 381 g/mol. The van der Waals surface area contributed by atoms with Crippen molar-refractivity contribution in [3.63, 3.8) is 0 Å². The molecule has 0 amide bonds. The van der Waals surface area contributed by atoms with Gasteiger partial charge in [-0.2, -0.15) is 26.3 Å². The highest BCUT2D eigenvalue weighted by Gasteiger charge is 2.40. The Morgan fingerprint density at radius 3 is 2.12 bits per heavy atom. The Morgan fingerprint density at radius 1 is 1.00 bits per heavy atom. The molecule has 0 saturated carbocycles. The number of hydrogen-bond acceptors (Lipinski definition) is 2. The molecule has 2 aromatic heterocycles. The molecule has 0 atom stereocenters. The summed E-state index contributed by atoms with van der Waals surface area (Å²) in [7, 11) is 0. The predicted molar refractivity (Wildman–Crippen MR) is 76.3 cm³/mol. The summed E-state index contributed by atoms with van der Waals surface area (Å²) >= 11 is 5.68. The Kier molecular flexibility index (Phi) is 3.82. The van der Waals surface area contributed by atoms with E-state index in [1.54, 1.807) is 5.10 Å². The van der Waals surface area contributed by atoms with Gasteiger partial charge in [0.2, 0.25) is 0 Å². The molecular formula is C14H6ClF6N3O. The highest BCUT2D eigenvalue weighted by Crippen LogP contribution is 2.39. The number of rotatable bonds is 1. The number of fused-ring (bicyclic) bond motifs is 1. The number of aromatic amines is 1. The third-order valence-electron chi connectivity index (χ3n) is 3.32. The molecule has 25 heavy (non-hydrogen) atoms. The molecule has 3 aromatic rings. The van der Waals surface area contributed by atoms with E-state index in [0.717, 1.165) is 0 Å². The van der Waals surface area contributed by atoms with E-state index in [4.69, 9.17) is 11.6 Å². The second kappa shape index (κ2) is 5.51. The normalized spacial score (nSPS) is 12.8. The van der Waals surface area contributed by atoms with Gasteiger partial charge in [-0.05, 0) is 17.7 Å². The SMILES string of the molecule is O=c1cc(C(F)(F)F)nc2c(-c3ccc(Cl)cc3)c(C(F)(F)F)[nH]n12. The van der Waals surface area contributed by atoms with Crippen LogP contribution in [0.4, 0.5) is 26.3 Å². The van der Waals surface area contributed by atoms with Crippen LogP contribution in [-0.4, -0.2) is 14.6 Å². The molecule has 0 unspecified atom stereocenters. The van der Waals surface area contributed by atoms with E-state index in [2.05, 4.69) is 4.98 Å². The molecule has 0 aliphatic carbocycles. The lowest BCUT2D eigenvalue weighted by Crippen LogP contribution is -2.20. The number of nitrogens with zero attached hydrogens (tertiary/aromatic N) is 2. The first kappa shape index (κ1) is 17.3. The van der Waals surface area contributed by atoms with Crippen molar-refractivity contribution >= 4 is 17.2 Å². The molecule has 132 valence electrons. The second-order valence-electron chi connectivity index (χ2n) is 5.00. The first-order chi connectivity index (χ1) is 11.5. The van der Waals surface area contributed by atoms with Crippen molar-refractivity contribution in [2.45, 2.75) is 12.4 Å². The smallest absolute Gasteiger partial charge is 0.284 e. The zero-order chi connectivity index (χ0) is 18.6. The summed E-state index contributed by atoms with van der Waals surface area (Å²) in [5.74, 6) is 0. The van der Waals surface area contributed by atoms with Crippen molar-refractivity contribution in [3.8, 4) is 11.1 Å². The van der Waals surface area contributed by atoms with Gasteiger partial charge in [0.25, 0.3) is 5.56 Å². The molecule has 0 spiro atoms. The van der Waals surface area contributed by atoms with Gasteiger partial charge < -0.3 is 0 Å². The number of H-pyrrole nitrogens is 1. The molecule has 0 aliphatic rings. The standard InChI is InChI=1S/C14H6ClF6N3O/c15-7-3-1-6(2-4-7)10-11(14(19,20)21)23-24-9(25)5-8(13(16,17)18)22-12(10)24/h1-5,23H. The minimum atomic E-state index is -4.99. The fraction of sp³-hybridized carbons (Fsp3) is 0.143. The fourth-order valence-electron chi connectivity index (χ4n) is 2.28. The molecule has 0 aliphatic heterocycles. The van der Waals surface area contributed by atoms with Crippen LogP contribution in [0.15, 0.2) is 35.1 Å². The molecule has 1 N–H and O–H groups in total. The lowest BCUT2D eigenvalue weighted by atomic mass is 10.1. The lowest BCUT2D eigenvalue weighted by molar-refractivity contribution is -0.141. The number of alkyl halides is 6. The van der Waals surface area contributed by atoms with Crippen LogP contribution in [0.2, 0.25) is 5.02 Å². The summed E-state index contributed by atoms with van der Waals surface area (Å²) in [6.45, 7) is 0. The zero-order valence-corrected chi connectivity index (χ0v) is 12.6. The Morgan fingerprint density at radius 2 is 1.60 bits per heavy atom. The van der Waals surface area contributed by atoms with E-state index in [0.29, 0.717) is 4.52 Å². The van der Waals surface area contributed by atoms with Crippen molar-refractivity contribution < 1.29 is 26.3 Å². The Labute approximate surface area is 139 Å². The summed E-state index contributed by atoms with van der Waals surface area (Å²) in [6, 6.07) is 5.04. The first-order valence-corrected chi connectivity index (χ1v) is 6.92. The molecule has 11 heteroatoms.